The third-order valence-corrected chi connectivity index (χ3v) is 24.4. The van der Waals surface area contributed by atoms with Gasteiger partial charge >= 0.3 is 0 Å². The zero-order chi connectivity index (χ0) is 80.6. The van der Waals surface area contributed by atoms with Crippen LogP contribution in [0, 0.1) is 0 Å². The van der Waals surface area contributed by atoms with Gasteiger partial charge in [0.25, 0.3) is 0 Å². The molecule has 0 saturated heterocycles. The summed E-state index contributed by atoms with van der Waals surface area (Å²) in [7, 11) is 0. The topological polar surface area (TPSA) is 42.6 Å². The van der Waals surface area contributed by atoms with Crippen molar-refractivity contribution in [3.8, 4) is 78.1 Å². The average Bonchev–Trinajstić information content (AvgIpc) is 1.53. The van der Waals surface area contributed by atoms with Gasteiger partial charge in [0.2, 0.25) is 0 Å². The lowest BCUT2D eigenvalue weighted by Gasteiger charge is -2.29. The summed E-state index contributed by atoms with van der Waals surface area (Å²) in [6, 6.07) is 166. The van der Waals surface area contributed by atoms with Crippen molar-refractivity contribution in [2.75, 3.05) is 9.80 Å². The quantitative estimate of drug-likeness (QED) is 0.109. The van der Waals surface area contributed by atoms with Crippen LogP contribution in [0.5, 0.6) is 0 Å². The van der Waals surface area contributed by atoms with Crippen LogP contribution in [-0.4, -0.2) is 9.13 Å². The van der Waals surface area contributed by atoms with Crippen molar-refractivity contribution in [3.05, 3.63) is 461 Å². The molecule has 0 fully saturated rings. The van der Waals surface area contributed by atoms with Gasteiger partial charge in [-0.2, -0.15) is 0 Å². The first-order chi connectivity index (χ1) is 60.5. The molecule has 6 heteroatoms. The molecule has 0 aliphatic carbocycles. The number of hydrogen-bond acceptors (Lipinski definition) is 4. The number of furan rings is 2. The van der Waals surface area contributed by atoms with Crippen LogP contribution in [0.15, 0.2) is 470 Å². The summed E-state index contributed by atoms with van der Waals surface area (Å²) in [4.78, 5) is 4.84. The van der Waals surface area contributed by atoms with Crippen LogP contribution in [0.25, 0.3) is 187 Å². The molecule has 0 saturated carbocycles. The number of anilines is 6. The molecule has 0 spiro atoms. The molecular weight excluding hydrogens is 1480 g/mol. The van der Waals surface area contributed by atoms with E-state index in [0.29, 0.717) is 0 Å². The summed E-state index contributed by atoms with van der Waals surface area (Å²) in [6.07, 6.45) is 0. The van der Waals surface area contributed by atoms with E-state index in [9.17, 15) is 0 Å². The molecule has 0 N–H and O–H groups in total. The largest absolute Gasteiger partial charge is 0.455 e. The third-order valence-electron chi connectivity index (χ3n) is 24.4. The Labute approximate surface area is 705 Å². The van der Waals surface area contributed by atoms with Crippen LogP contribution in [0.4, 0.5) is 34.1 Å². The fourth-order valence-corrected chi connectivity index (χ4v) is 18.6. The Morgan fingerprint density at radius 1 is 0.172 bits per heavy atom. The fourth-order valence-electron chi connectivity index (χ4n) is 18.6. The first-order valence-electron chi connectivity index (χ1n) is 41.7. The number of nitrogens with zero attached hydrogens (tertiary/aromatic N) is 4. The third kappa shape index (κ3) is 12.4. The smallest absolute Gasteiger partial charge is 0.143 e. The van der Waals surface area contributed by atoms with Gasteiger partial charge in [0.15, 0.2) is 0 Å². The van der Waals surface area contributed by atoms with Gasteiger partial charge in [0, 0.05) is 99.5 Å². The van der Waals surface area contributed by atoms with Gasteiger partial charge in [-0.1, -0.05) is 334 Å². The highest BCUT2D eigenvalue weighted by Gasteiger charge is 2.28. The SMILES string of the molecule is c1ccc(-c2ccc(N(c3ccc(-c4ccc5ccccc5c4)cc3)c3cc4c(cc3-c3cccc5c3oc3ccccc35)c3ccccc3n4-c3ccccc3)cc2)cc1.c1ccc(-c2ccc(N(c3ccc(-c4cccc5ccccc45)cc3)c3cc4c(cc3-c3cccc5c3oc3ccccc35)c3ccccc3n4-c3ccccc3)cc2)cc1. The molecule has 24 rings (SSSR count). The van der Waals surface area contributed by atoms with Crippen molar-refractivity contribution in [1.29, 1.82) is 0 Å². The zero-order valence-electron chi connectivity index (χ0n) is 66.5. The van der Waals surface area contributed by atoms with Crippen LogP contribution in [0.1, 0.15) is 0 Å². The van der Waals surface area contributed by atoms with Crippen molar-refractivity contribution >= 4 is 143 Å². The highest BCUT2D eigenvalue weighted by molar-refractivity contribution is 6.19. The summed E-state index contributed by atoms with van der Waals surface area (Å²) in [6.45, 7) is 0. The molecular formula is C116H76N4O2. The van der Waals surface area contributed by atoms with E-state index < -0.39 is 0 Å². The Balaban J connectivity index is 0.000000142. The van der Waals surface area contributed by atoms with E-state index in [2.05, 4.69) is 468 Å². The second-order valence-corrected chi connectivity index (χ2v) is 31.4. The van der Waals surface area contributed by atoms with E-state index in [1.807, 2.05) is 12.1 Å². The van der Waals surface area contributed by atoms with Gasteiger partial charge in [-0.05, 0) is 193 Å². The second kappa shape index (κ2) is 30.0. The first-order valence-corrected chi connectivity index (χ1v) is 41.7. The molecule has 20 aromatic carbocycles. The second-order valence-electron chi connectivity index (χ2n) is 31.4. The predicted molar refractivity (Wildman–Crippen MR) is 513 cm³/mol. The van der Waals surface area contributed by atoms with E-state index in [0.717, 1.165) is 134 Å². The summed E-state index contributed by atoms with van der Waals surface area (Å²) in [5.41, 5.74) is 30.3. The maximum absolute atomic E-state index is 6.80. The van der Waals surface area contributed by atoms with Crippen molar-refractivity contribution in [3.63, 3.8) is 0 Å². The van der Waals surface area contributed by atoms with Crippen molar-refractivity contribution in [2.45, 2.75) is 0 Å². The minimum atomic E-state index is 0.877. The lowest BCUT2D eigenvalue weighted by molar-refractivity contribution is 0.669. The van der Waals surface area contributed by atoms with E-state index in [4.69, 9.17) is 8.83 Å². The van der Waals surface area contributed by atoms with Crippen LogP contribution >= 0.6 is 0 Å². The van der Waals surface area contributed by atoms with Gasteiger partial charge in [-0.15, -0.1) is 0 Å². The molecule has 24 aromatic rings. The monoisotopic (exact) mass is 1560 g/mol. The van der Waals surface area contributed by atoms with Gasteiger partial charge in [0.05, 0.1) is 33.4 Å². The Morgan fingerprint density at radius 3 is 0.967 bits per heavy atom. The van der Waals surface area contributed by atoms with E-state index in [1.54, 1.807) is 0 Å². The molecule has 0 amide bonds. The molecule has 0 unspecified atom stereocenters. The van der Waals surface area contributed by atoms with Gasteiger partial charge in [-0.25, -0.2) is 0 Å². The number of fused-ring (bicyclic) bond motifs is 14. The number of rotatable bonds is 14. The van der Waals surface area contributed by atoms with Crippen LogP contribution in [0.2, 0.25) is 0 Å². The Bertz CT molecular complexity index is 8080. The average molecular weight is 1560 g/mol. The van der Waals surface area contributed by atoms with E-state index in [-0.39, 0.29) is 0 Å². The molecule has 0 atom stereocenters. The molecule has 0 radical (unpaired) electrons. The fraction of sp³-hybridized carbons (Fsp3) is 0. The van der Waals surface area contributed by atoms with E-state index in [1.165, 1.54) is 87.6 Å². The summed E-state index contributed by atoms with van der Waals surface area (Å²) in [5.74, 6) is 0. The predicted octanol–water partition coefficient (Wildman–Crippen LogP) is 32.6. The maximum atomic E-state index is 6.80. The molecule has 0 bridgehead atoms. The molecule has 4 heterocycles. The van der Waals surface area contributed by atoms with Crippen molar-refractivity contribution in [2.24, 2.45) is 0 Å². The molecule has 6 nitrogen and oxygen atoms in total. The van der Waals surface area contributed by atoms with E-state index >= 15 is 0 Å². The number of para-hydroxylation sites is 8. The summed E-state index contributed by atoms with van der Waals surface area (Å²) < 4.78 is 18.4. The normalized spacial score (nSPS) is 11.6. The van der Waals surface area contributed by atoms with Crippen LogP contribution < -0.4 is 9.80 Å². The lowest BCUT2D eigenvalue weighted by atomic mass is 9.96. The van der Waals surface area contributed by atoms with Crippen LogP contribution in [-0.2, 0) is 0 Å². The molecule has 4 aromatic heterocycles. The number of benzene rings is 20. The lowest BCUT2D eigenvalue weighted by Crippen LogP contribution is -2.11. The van der Waals surface area contributed by atoms with Crippen molar-refractivity contribution < 1.29 is 8.83 Å². The minimum absolute atomic E-state index is 0.877. The van der Waals surface area contributed by atoms with Gasteiger partial charge < -0.3 is 27.8 Å². The minimum Gasteiger partial charge on any atom is -0.455 e. The summed E-state index contributed by atoms with van der Waals surface area (Å²) in [5, 5.41) is 14.1. The van der Waals surface area contributed by atoms with Gasteiger partial charge in [0.1, 0.15) is 22.3 Å². The van der Waals surface area contributed by atoms with Gasteiger partial charge in [-0.3, -0.25) is 0 Å². The maximum Gasteiger partial charge on any atom is 0.143 e. The van der Waals surface area contributed by atoms with Crippen molar-refractivity contribution in [1.82, 2.24) is 9.13 Å². The molecule has 0 aliphatic rings. The molecule has 0 aliphatic heterocycles. The highest BCUT2D eigenvalue weighted by Crippen LogP contribution is 2.52. The number of hydrogen-bond donors (Lipinski definition) is 0. The van der Waals surface area contributed by atoms with Crippen LogP contribution in [0.3, 0.4) is 0 Å². The highest BCUT2D eigenvalue weighted by atomic mass is 16.3. The standard InChI is InChI=1S/2C58H38N2O/c1-3-15-39(16-4-1)40-29-33-44(34-30-40)59(45-35-31-42(32-36-45)47-24-13-18-41-17-7-8-21-46(41)47)55-38-56-52(48-22-9-11-27-54(48)60(56)43-19-5-2-6-20-43)37-53(55)51-26-14-25-50-49-23-10-12-28-57(49)61-58(50)51;1-3-14-39(15-4-1)41-28-32-46(33-29-41)59(47-34-30-42(31-35-47)44-27-26-40-16-7-8-17-43(40)36-44)55-38-56-52(48-20-9-11-24-54(48)60(56)45-18-5-2-6-19-45)37-53(55)51-23-13-22-50-49-21-10-12-25-57(49)61-58(50)51/h2*1-38H. The Morgan fingerprint density at radius 2 is 0.500 bits per heavy atom. The first kappa shape index (κ1) is 71.1. The Kier molecular flexibility index (Phi) is 17.5. The number of aromatic nitrogens is 2. The molecule has 122 heavy (non-hydrogen) atoms. The zero-order valence-corrected chi connectivity index (χ0v) is 66.5. The molecule has 572 valence electrons. The Hall–Kier alpha value is -16.3. The summed E-state index contributed by atoms with van der Waals surface area (Å²) >= 11 is 0.